The fourth-order valence-electron chi connectivity index (χ4n) is 2.37. The van der Waals surface area contributed by atoms with Crippen LogP contribution < -0.4 is 5.32 Å². The normalized spacial score (nSPS) is 23.6. The van der Waals surface area contributed by atoms with E-state index in [0.717, 1.165) is 11.6 Å². The molecule has 2 aromatic rings. The van der Waals surface area contributed by atoms with Gasteiger partial charge in [-0.2, -0.15) is 0 Å². The number of pyridine rings is 1. The fraction of sp³-hybridized carbons (Fsp3) is 0.462. The van der Waals surface area contributed by atoms with E-state index in [-0.39, 0.29) is 0 Å². The Morgan fingerprint density at radius 2 is 2.44 bits per heavy atom. The molecule has 0 spiro atoms. The third-order valence-corrected chi connectivity index (χ3v) is 3.34. The first kappa shape index (κ1) is 9.70. The molecule has 3 rings (SSSR count). The summed E-state index contributed by atoms with van der Waals surface area (Å²) in [6, 6.07) is 6.88. The third-order valence-electron chi connectivity index (χ3n) is 3.34. The Morgan fingerprint density at radius 1 is 1.50 bits per heavy atom. The van der Waals surface area contributed by atoms with E-state index in [2.05, 4.69) is 33.8 Å². The van der Waals surface area contributed by atoms with Crippen molar-refractivity contribution in [1.29, 1.82) is 0 Å². The summed E-state index contributed by atoms with van der Waals surface area (Å²) >= 11 is 0. The Balaban J connectivity index is 1.77. The van der Waals surface area contributed by atoms with Crippen LogP contribution in [0.4, 0.5) is 5.82 Å². The molecule has 84 valence electrons. The molecule has 1 aliphatic carbocycles. The lowest BCUT2D eigenvalue weighted by molar-refractivity contribution is 0.692. The maximum absolute atomic E-state index is 4.29. The van der Waals surface area contributed by atoms with Crippen molar-refractivity contribution in [3.63, 3.8) is 0 Å². The van der Waals surface area contributed by atoms with Crippen LogP contribution >= 0.6 is 0 Å². The zero-order valence-electron chi connectivity index (χ0n) is 9.56. The summed E-state index contributed by atoms with van der Waals surface area (Å²) in [6.45, 7) is 2.26. The van der Waals surface area contributed by atoms with Gasteiger partial charge in [0, 0.05) is 18.4 Å². The Hall–Kier alpha value is -1.51. The quantitative estimate of drug-likeness (QED) is 0.849. The van der Waals surface area contributed by atoms with E-state index in [9.17, 15) is 0 Å². The number of hydrogen-bond donors (Lipinski definition) is 1. The molecule has 0 radical (unpaired) electrons. The van der Waals surface area contributed by atoms with Gasteiger partial charge in [-0.3, -0.25) is 4.40 Å². The lowest BCUT2D eigenvalue weighted by Gasteiger charge is -2.08. The zero-order valence-corrected chi connectivity index (χ0v) is 9.56. The van der Waals surface area contributed by atoms with Crippen LogP contribution in [0.25, 0.3) is 5.65 Å². The molecule has 0 saturated heterocycles. The van der Waals surface area contributed by atoms with Gasteiger partial charge in [-0.05, 0) is 30.9 Å². The second-order valence-electron chi connectivity index (χ2n) is 4.60. The zero-order chi connectivity index (χ0) is 11.0. The highest BCUT2D eigenvalue weighted by Crippen LogP contribution is 2.37. The molecule has 2 aromatic heterocycles. The average molecular weight is 215 g/mol. The second kappa shape index (κ2) is 3.81. The lowest BCUT2D eigenvalue weighted by Crippen LogP contribution is -2.07. The number of aromatic nitrogens is 2. The van der Waals surface area contributed by atoms with Gasteiger partial charge >= 0.3 is 0 Å². The summed E-state index contributed by atoms with van der Waals surface area (Å²) in [4.78, 5) is 4.29. The monoisotopic (exact) mass is 215 g/mol. The minimum absolute atomic E-state index is 0.674. The summed E-state index contributed by atoms with van der Waals surface area (Å²) in [5.41, 5.74) is 1.01. The highest BCUT2D eigenvalue weighted by Gasteiger charge is 2.36. The first-order chi connectivity index (χ1) is 7.88. The highest BCUT2D eigenvalue weighted by molar-refractivity contribution is 5.50. The molecule has 0 bridgehead atoms. The molecule has 1 N–H and O–H groups in total. The van der Waals surface area contributed by atoms with Crippen LogP contribution in [0.1, 0.15) is 26.2 Å². The predicted octanol–water partition coefficient (Wildman–Crippen LogP) is 2.93. The van der Waals surface area contributed by atoms with E-state index in [1.54, 1.807) is 0 Å². The number of fused-ring (bicyclic) bond motifs is 1. The van der Waals surface area contributed by atoms with E-state index in [1.165, 1.54) is 25.1 Å². The predicted molar refractivity (Wildman–Crippen MR) is 65.6 cm³/mol. The van der Waals surface area contributed by atoms with Gasteiger partial charge in [0.1, 0.15) is 11.5 Å². The molecular formula is C13H17N3. The average Bonchev–Trinajstić information content (AvgIpc) is 2.83. The van der Waals surface area contributed by atoms with Crippen LogP contribution in [0, 0.1) is 5.92 Å². The van der Waals surface area contributed by atoms with Crippen molar-refractivity contribution in [3.05, 3.63) is 30.6 Å². The number of nitrogens with one attached hydrogen (secondary N) is 1. The van der Waals surface area contributed by atoms with Crippen LogP contribution in [0.3, 0.4) is 0 Å². The third kappa shape index (κ3) is 1.66. The van der Waals surface area contributed by atoms with Gasteiger partial charge in [0.05, 0.1) is 0 Å². The maximum atomic E-state index is 4.29. The second-order valence-corrected chi connectivity index (χ2v) is 4.60. The summed E-state index contributed by atoms with van der Waals surface area (Å²) in [5.74, 6) is 2.04. The molecule has 3 heteroatoms. The molecular weight excluding hydrogens is 198 g/mol. The number of anilines is 1. The molecule has 2 heterocycles. The van der Waals surface area contributed by atoms with E-state index < -0.39 is 0 Å². The number of hydrogen-bond acceptors (Lipinski definition) is 2. The van der Waals surface area contributed by atoms with Gasteiger partial charge in [-0.1, -0.05) is 19.4 Å². The minimum Gasteiger partial charge on any atom is -0.368 e. The first-order valence-corrected chi connectivity index (χ1v) is 6.07. The van der Waals surface area contributed by atoms with Crippen LogP contribution in [0.5, 0.6) is 0 Å². The van der Waals surface area contributed by atoms with Crippen molar-refractivity contribution < 1.29 is 0 Å². The lowest BCUT2D eigenvalue weighted by atomic mass is 10.2. The van der Waals surface area contributed by atoms with Crippen LogP contribution in [-0.2, 0) is 0 Å². The van der Waals surface area contributed by atoms with Crippen LogP contribution in [0.15, 0.2) is 30.6 Å². The molecule has 2 unspecified atom stereocenters. The topological polar surface area (TPSA) is 29.3 Å². The van der Waals surface area contributed by atoms with Gasteiger partial charge < -0.3 is 5.32 Å². The van der Waals surface area contributed by atoms with E-state index >= 15 is 0 Å². The Morgan fingerprint density at radius 3 is 3.31 bits per heavy atom. The molecule has 2 atom stereocenters. The number of rotatable bonds is 4. The van der Waals surface area contributed by atoms with Crippen molar-refractivity contribution >= 4 is 11.5 Å². The van der Waals surface area contributed by atoms with Crippen molar-refractivity contribution in [2.45, 2.75) is 32.2 Å². The van der Waals surface area contributed by atoms with Crippen molar-refractivity contribution in [3.8, 4) is 0 Å². The van der Waals surface area contributed by atoms with Crippen LogP contribution in [0.2, 0.25) is 0 Å². The summed E-state index contributed by atoms with van der Waals surface area (Å²) in [6.07, 6.45) is 7.81. The Kier molecular flexibility index (Phi) is 2.31. The standard InChI is InChI=1S/C13H17N3/c1-2-4-10-9-11(10)15-13-6-3-5-12-14-7-8-16(12)13/h3,5-8,10-11,15H,2,4,9H2,1H3. The molecule has 1 aliphatic rings. The van der Waals surface area contributed by atoms with E-state index in [4.69, 9.17) is 0 Å². The van der Waals surface area contributed by atoms with Gasteiger partial charge in [0.2, 0.25) is 0 Å². The molecule has 1 fully saturated rings. The first-order valence-electron chi connectivity index (χ1n) is 6.07. The summed E-state index contributed by atoms with van der Waals surface area (Å²) in [5, 5.41) is 3.60. The van der Waals surface area contributed by atoms with Crippen molar-refractivity contribution in [2.24, 2.45) is 5.92 Å². The molecule has 0 aliphatic heterocycles. The van der Waals surface area contributed by atoms with E-state index in [0.29, 0.717) is 6.04 Å². The van der Waals surface area contributed by atoms with Gasteiger partial charge in [0.15, 0.2) is 0 Å². The Labute approximate surface area is 95.5 Å². The summed E-state index contributed by atoms with van der Waals surface area (Å²) < 4.78 is 2.11. The van der Waals surface area contributed by atoms with Gasteiger partial charge in [0.25, 0.3) is 0 Å². The maximum Gasteiger partial charge on any atom is 0.138 e. The largest absolute Gasteiger partial charge is 0.368 e. The molecule has 0 aromatic carbocycles. The number of imidazole rings is 1. The van der Waals surface area contributed by atoms with E-state index in [1.807, 2.05) is 18.5 Å². The van der Waals surface area contributed by atoms with Crippen molar-refractivity contribution in [1.82, 2.24) is 9.38 Å². The smallest absolute Gasteiger partial charge is 0.138 e. The van der Waals surface area contributed by atoms with Crippen molar-refractivity contribution in [2.75, 3.05) is 5.32 Å². The molecule has 16 heavy (non-hydrogen) atoms. The van der Waals surface area contributed by atoms with Gasteiger partial charge in [-0.25, -0.2) is 4.98 Å². The summed E-state index contributed by atoms with van der Waals surface area (Å²) in [7, 11) is 0. The van der Waals surface area contributed by atoms with Crippen LogP contribution in [-0.4, -0.2) is 15.4 Å². The minimum atomic E-state index is 0.674. The number of nitrogens with zero attached hydrogens (tertiary/aromatic N) is 2. The Bertz CT molecular complexity index is 489. The molecule has 0 amide bonds. The fourth-order valence-corrected chi connectivity index (χ4v) is 2.37. The molecule has 1 saturated carbocycles. The highest BCUT2D eigenvalue weighted by atomic mass is 15.1. The molecule has 3 nitrogen and oxygen atoms in total. The SMILES string of the molecule is CCCC1CC1Nc1cccc2nccn12. The van der Waals surface area contributed by atoms with Gasteiger partial charge in [-0.15, -0.1) is 0 Å².